The van der Waals surface area contributed by atoms with E-state index in [9.17, 15) is 10.1 Å². The van der Waals surface area contributed by atoms with Gasteiger partial charge in [0.05, 0.1) is 10.5 Å². The minimum atomic E-state index is -0.443. The van der Waals surface area contributed by atoms with Crippen LogP contribution in [0.3, 0.4) is 0 Å². The van der Waals surface area contributed by atoms with E-state index in [1.165, 1.54) is 23.6 Å². The van der Waals surface area contributed by atoms with Gasteiger partial charge < -0.3 is 0 Å². The summed E-state index contributed by atoms with van der Waals surface area (Å²) in [5.74, 6) is 0. The summed E-state index contributed by atoms with van der Waals surface area (Å²) in [7, 11) is 0. The summed E-state index contributed by atoms with van der Waals surface area (Å²) in [5, 5.41) is 13.3. The van der Waals surface area contributed by atoms with Crippen LogP contribution in [0.5, 0.6) is 0 Å². The fourth-order valence-electron chi connectivity index (χ4n) is 1.29. The van der Waals surface area contributed by atoms with Gasteiger partial charge in [0, 0.05) is 5.39 Å². The van der Waals surface area contributed by atoms with Crippen LogP contribution in [0.15, 0.2) is 24.2 Å². The van der Waals surface area contributed by atoms with E-state index in [1.54, 1.807) is 0 Å². The molecule has 0 radical (unpaired) electrons. The second-order valence-electron chi connectivity index (χ2n) is 2.66. The van der Waals surface area contributed by atoms with Crippen molar-refractivity contribution in [2.75, 3.05) is 0 Å². The van der Waals surface area contributed by atoms with Crippen LogP contribution < -0.4 is 0 Å². The Morgan fingerprint density at radius 1 is 1.64 bits per heavy atom. The fourth-order valence-corrected chi connectivity index (χ4v) is 2.05. The van der Waals surface area contributed by atoms with E-state index in [0.717, 1.165) is 10.2 Å². The predicted molar refractivity (Wildman–Crippen MR) is 56.4 cm³/mol. The normalized spacial score (nSPS) is 10.3. The van der Waals surface area contributed by atoms with Crippen molar-refractivity contribution in [1.29, 1.82) is 0 Å². The monoisotopic (exact) mass is 206 g/mol. The molecule has 0 saturated heterocycles. The van der Waals surface area contributed by atoms with Crippen LogP contribution in [0.2, 0.25) is 0 Å². The molecule has 0 aliphatic heterocycles. The maximum absolute atomic E-state index is 10.7. The highest BCUT2D eigenvalue weighted by Gasteiger charge is 2.15. The largest absolute Gasteiger partial charge is 0.295 e. The van der Waals surface area contributed by atoms with Crippen molar-refractivity contribution in [3.05, 3.63) is 39.9 Å². The number of fused-ring (bicyclic) bond motifs is 1. The molecule has 0 aliphatic rings. The average molecular weight is 206 g/mol. The van der Waals surface area contributed by atoms with Crippen molar-refractivity contribution in [2.45, 2.75) is 0 Å². The van der Waals surface area contributed by atoms with Gasteiger partial charge in [-0.05, 0) is 11.4 Å². The standard InChI is InChI=1S/C9H6N2O2S/c1-2-6-7-3-4-14-9(7)10-5-8(6)11(12)13/h2-5H,1H2. The number of rotatable bonds is 2. The smallest absolute Gasteiger partial charge is 0.258 e. The molecule has 70 valence electrons. The Hall–Kier alpha value is -1.75. The quantitative estimate of drug-likeness (QED) is 0.560. The molecule has 0 spiro atoms. The molecule has 0 amide bonds. The number of nitrogens with zero attached hydrogens (tertiary/aromatic N) is 2. The number of nitro groups is 1. The number of hydrogen-bond donors (Lipinski definition) is 0. The second-order valence-corrected chi connectivity index (χ2v) is 3.55. The number of hydrogen-bond acceptors (Lipinski definition) is 4. The zero-order valence-electron chi connectivity index (χ0n) is 7.14. The molecule has 0 N–H and O–H groups in total. The molecule has 0 aliphatic carbocycles. The molecule has 14 heavy (non-hydrogen) atoms. The molecular weight excluding hydrogens is 200 g/mol. The van der Waals surface area contributed by atoms with Crippen molar-refractivity contribution in [3.8, 4) is 0 Å². The van der Waals surface area contributed by atoms with Crippen molar-refractivity contribution >= 4 is 33.3 Å². The van der Waals surface area contributed by atoms with Gasteiger partial charge in [-0.3, -0.25) is 10.1 Å². The van der Waals surface area contributed by atoms with E-state index >= 15 is 0 Å². The van der Waals surface area contributed by atoms with Gasteiger partial charge in [0.1, 0.15) is 11.0 Å². The van der Waals surface area contributed by atoms with Crippen molar-refractivity contribution in [2.24, 2.45) is 0 Å². The Bertz CT molecular complexity index is 519. The van der Waals surface area contributed by atoms with Gasteiger partial charge >= 0.3 is 0 Å². The lowest BCUT2D eigenvalue weighted by Crippen LogP contribution is -1.92. The van der Waals surface area contributed by atoms with Crippen LogP contribution in [-0.2, 0) is 0 Å². The van der Waals surface area contributed by atoms with Crippen LogP contribution >= 0.6 is 11.3 Å². The third-order valence-electron chi connectivity index (χ3n) is 1.92. The molecule has 2 aromatic rings. The highest BCUT2D eigenvalue weighted by atomic mass is 32.1. The number of pyridine rings is 1. The van der Waals surface area contributed by atoms with Crippen molar-refractivity contribution in [3.63, 3.8) is 0 Å². The first kappa shape index (κ1) is 8.83. The van der Waals surface area contributed by atoms with Gasteiger partial charge in [0.2, 0.25) is 0 Å². The molecule has 2 rings (SSSR count). The number of aromatic nitrogens is 1. The van der Waals surface area contributed by atoms with Gasteiger partial charge in [-0.1, -0.05) is 12.7 Å². The Morgan fingerprint density at radius 2 is 2.43 bits per heavy atom. The third-order valence-corrected chi connectivity index (χ3v) is 2.74. The van der Waals surface area contributed by atoms with Crippen molar-refractivity contribution < 1.29 is 4.92 Å². The summed E-state index contributed by atoms with van der Waals surface area (Å²) in [6.45, 7) is 3.58. The van der Waals surface area contributed by atoms with Gasteiger partial charge in [-0.25, -0.2) is 4.98 Å². The SMILES string of the molecule is C=Cc1c([N+](=O)[O-])cnc2sccc12. The molecule has 0 bridgehead atoms. The highest BCUT2D eigenvalue weighted by molar-refractivity contribution is 7.16. The lowest BCUT2D eigenvalue weighted by molar-refractivity contribution is -0.385. The van der Waals surface area contributed by atoms with Gasteiger partial charge in [0.15, 0.2) is 0 Å². The van der Waals surface area contributed by atoms with Gasteiger partial charge in [-0.2, -0.15) is 0 Å². The average Bonchev–Trinajstić information content (AvgIpc) is 2.63. The molecule has 0 unspecified atom stereocenters. The first-order valence-corrected chi connectivity index (χ1v) is 4.75. The van der Waals surface area contributed by atoms with Gasteiger partial charge in [-0.15, -0.1) is 11.3 Å². The molecular formula is C9H6N2O2S. The van der Waals surface area contributed by atoms with Crippen LogP contribution in [0.4, 0.5) is 5.69 Å². The van der Waals surface area contributed by atoms with E-state index < -0.39 is 4.92 Å². The lowest BCUT2D eigenvalue weighted by atomic mass is 10.1. The Kier molecular flexibility index (Phi) is 2.01. The van der Waals surface area contributed by atoms with Crippen molar-refractivity contribution in [1.82, 2.24) is 4.98 Å². The summed E-state index contributed by atoms with van der Waals surface area (Å²) < 4.78 is 0. The third kappa shape index (κ3) is 1.18. The Morgan fingerprint density at radius 3 is 3.07 bits per heavy atom. The molecule has 5 heteroatoms. The van der Waals surface area contributed by atoms with Gasteiger partial charge in [0.25, 0.3) is 5.69 Å². The molecule has 2 heterocycles. The first-order chi connectivity index (χ1) is 6.74. The zero-order chi connectivity index (χ0) is 10.1. The molecule has 2 aromatic heterocycles. The van der Waals surface area contributed by atoms with Crippen LogP contribution in [0.1, 0.15) is 5.56 Å². The first-order valence-electron chi connectivity index (χ1n) is 3.87. The summed E-state index contributed by atoms with van der Waals surface area (Å²) in [6.07, 6.45) is 2.77. The Labute approximate surface area is 83.7 Å². The molecule has 0 saturated carbocycles. The van der Waals surface area contributed by atoms with E-state index in [2.05, 4.69) is 11.6 Å². The predicted octanol–water partition coefficient (Wildman–Crippen LogP) is 2.85. The van der Waals surface area contributed by atoms with Crippen LogP contribution in [0, 0.1) is 10.1 Å². The highest BCUT2D eigenvalue weighted by Crippen LogP contribution is 2.29. The minimum absolute atomic E-state index is 0.00546. The summed E-state index contributed by atoms with van der Waals surface area (Å²) >= 11 is 1.46. The Balaban J connectivity index is 2.85. The summed E-state index contributed by atoms with van der Waals surface area (Å²) in [6, 6.07) is 1.82. The van der Waals surface area contributed by atoms with Crippen LogP contribution in [-0.4, -0.2) is 9.91 Å². The lowest BCUT2D eigenvalue weighted by Gasteiger charge is -1.97. The molecule has 0 atom stereocenters. The van der Waals surface area contributed by atoms with E-state index in [-0.39, 0.29) is 5.69 Å². The zero-order valence-corrected chi connectivity index (χ0v) is 7.95. The molecule has 0 aromatic carbocycles. The molecule has 0 fully saturated rings. The molecule has 4 nitrogen and oxygen atoms in total. The minimum Gasteiger partial charge on any atom is -0.258 e. The summed E-state index contributed by atoms with van der Waals surface area (Å²) in [4.78, 5) is 15.0. The number of thiophene rings is 1. The maximum atomic E-state index is 10.7. The van der Waals surface area contributed by atoms with Crippen LogP contribution in [0.25, 0.3) is 16.3 Å². The van der Waals surface area contributed by atoms with E-state index in [0.29, 0.717) is 5.56 Å². The second kappa shape index (κ2) is 3.19. The van der Waals surface area contributed by atoms with E-state index in [1.807, 2.05) is 11.4 Å². The topological polar surface area (TPSA) is 56.0 Å². The van der Waals surface area contributed by atoms with E-state index in [4.69, 9.17) is 0 Å². The summed E-state index contributed by atoms with van der Waals surface area (Å²) in [5.41, 5.74) is 0.548. The fraction of sp³-hybridized carbons (Fsp3) is 0. The maximum Gasteiger partial charge on any atom is 0.295 e.